The Morgan fingerprint density at radius 1 is 1.13 bits per heavy atom. The number of carbonyl (C=O) groups excluding carboxylic acids is 1. The molecule has 1 aromatic carbocycles. The second kappa shape index (κ2) is 6.54. The van der Waals surface area contributed by atoms with Gasteiger partial charge in [-0.3, -0.25) is 4.79 Å². The molecule has 7 heteroatoms. The number of fused-ring (bicyclic) bond motifs is 2. The Labute approximate surface area is 175 Å². The molecule has 3 aliphatic rings. The van der Waals surface area contributed by atoms with Crippen molar-refractivity contribution < 1.29 is 9.53 Å². The van der Waals surface area contributed by atoms with E-state index in [0.717, 1.165) is 54.9 Å². The largest absolute Gasteiger partial charge is 0.356 e. The van der Waals surface area contributed by atoms with Crippen molar-refractivity contribution in [1.29, 1.82) is 0 Å². The standard InChI is InChI=1S/C23H25N5O2/c1-16-14-25-28-19(7-10-24-21(16)28)26-11-8-23(9-12-26)13-20-27(22(23)29)18(15-30-20)17-5-3-2-4-6-17/h2-7,10,14,18,20H,8-9,11-13,15H2,1H3/t18-,20-/m0/s1. The average molecular weight is 403 g/mol. The Balaban J connectivity index is 1.23. The van der Waals surface area contributed by atoms with Crippen molar-refractivity contribution in [3.63, 3.8) is 0 Å². The predicted octanol–water partition coefficient (Wildman–Crippen LogP) is 2.95. The minimum atomic E-state index is -0.305. The monoisotopic (exact) mass is 403 g/mol. The number of amides is 1. The maximum atomic E-state index is 13.6. The molecule has 0 N–H and O–H groups in total. The summed E-state index contributed by atoms with van der Waals surface area (Å²) in [6, 6.07) is 12.3. The van der Waals surface area contributed by atoms with E-state index in [-0.39, 0.29) is 23.6 Å². The molecule has 3 aromatic rings. The summed E-state index contributed by atoms with van der Waals surface area (Å²) < 4.78 is 8.00. The SMILES string of the molecule is Cc1cnn2c(N3CCC4(CC3)C[C@@H]3OC[C@@H](c5ccccc5)N3C4=O)ccnc12. The first-order valence-corrected chi connectivity index (χ1v) is 10.7. The molecule has 2 atom stereocenters. The van der Waals surface area contributed by atoms with E-state index in [1.165, 1.54) is 0 Å². The minimum Gasteiger partial charge on any atom is -0.356 e. The fourth-order valence-electron chi connectivity index (χ4n) is 5.43. The van der Waals surface area contributed by atoms with E-state index in [1.807, 2.05) is 53.0 Å². The fourth-order valence-corrected chi connectivity index (χ4v) is 5.43. The van der Waals surface area contributed by atoms with Gasteiger partial charge in [-0.2, -0.15) is 9.61 Å². The van der Waals surface area contributed by atoms with Gasteiger partial charge < -0.3 is 14.5 Å². The molecule has 3 aliphatic heterocycles. The molecule has 0 bridgehead atoms. The van der Waals surface area contributed by atoms with Crippen LogP contribution >= 0.6 is 0 Å². The van der Waals surface area contributed by atoms with Gasteiger partial charge in [0.15, 0.2) is 5.65 Å². The van der Waals surface area contributed by atoms with Gasteiger partial charge in [0, 0.05) is 31.3 Å². The van der Waals surface area contributed by atoms with Gasteiger partial charge in [-0.25, -0.2) is 4.98 Å². The van der Waals surface area contributed by atoms with Crippen LogP contribution in [0, 0.1) is 12.3 Å². The van der Waals surface area contributed by atoms with Crippen LogP contribution in [0.2, 0.25) is 0 Å². The summed E-state index contributed by atoms with van der Waals surface area (Å²) >= 11 is 0. The fraction of sp³-hybridized carbons (Fsp3) is 0.435. The lowest BCUT2D eigenvalue weighted by Crippen LogP contribution is -2.45. The summed E-state index contributed by atoms with van der Waals surface area (Å²) in [7, 11) is 0. The Hall–Kier alpha value is -2.93. The van der Waals surface area contributed by atoms with Gasteiger partial charge in [0.2, 0.25) is 5.91 Å². The highest BCUT2D eigenvalue weighted by atomic mass is 16.5. The summed E-state index contributed by atoms with van der Waals surface area (Å²) in [5.41, 5.74) is 2.82. The van der Waals surface area contributed by atoms with E-state index < -0.39 is 0 Å². The highest BCUT2D eigenvalue weighted by molar-refractivity contribution is 5.86. The number of rotatable bonds is 2. The molecule has 0 radical (unpaired) electrons. The van der Waals surface area contributed by atoms with Crippen molar-refractivity contribution in [1.82, 2.24) is 19.5 Å². The van der Waals surface area contributed by atoms with Crippen LogP contribution in [0.25, 0.3) is 5.65 Å². The lowest BCUT2D eigenvalue weighted by Gasteiger charge is -2.39. The third-order valence-electron chi connectivity index (χ3n) is 7.13. The second-order valence-corrected chi connectivity index (χ2v) is 8.76. The first-order valence-electron chi connectivity index (χ1n) is 10.7. The van der Waals surface area contributed by atoms with Gasteiger partial charge >= 0.3 is 0 Å². The zero-order valence-electron chi connectivity index (χ0n) is 17.1. The van der Waals surface area contributed by atoms with Gasteiger partial charge in [-0.1, -0.05) is 30.3 Å². The molecular weight excluding hydrogens is 378 g/mol. The maximum Gasteiger partial charge on any atom is 0.231 e. The molecule has 7 nitrogen and oxygen atoms in total. The van der Waals surface area contributed by atoms with Crippen LogP contribution in [0.5, 0.6) is 0 Å². The minimum absolute atomic E-state index is 0.0352. The average Bonchev–Trinajstić information content (AvgIpc) is 3.44. The molecule has 6 rings (SSSR count). The molecule has 0 unspecified atom stereocenters. The van der Waals surface area contributed by atoms with Crippen LogP contribution in [0.4, 0.5) is 5.82 Å². The van der Waals surface area contributed by atoms with E-state index in [9.17, 15) is 4.79 Å². The molecule has 0 saturated carbocycles. The third-order valence-corrected chi connectivity index (χ3v) is 7.13. The van der Waals surface area contributed by atoms with Crippen molar-refractivity contribution in [2.75, 3.05) is 24.6 Å². The number of hydrogen-bond acceptors (Lipinski definition) is 5. The van der Waals surface area contributed by atoms with Crippen molar-refractivity contribution in [2.45, 2.75) is 38.5 Å². The Bertz CT molecular complexity index is 1100. The molecule has 1 spiro atoms. The number of hydrogen-bond donors (Lipinski definition) is 0. The van der Waals surface area contributed by atoms with Crippen LogP contribution in [0.3, 0.4) is 0 Å². The molecule has 3 fully saturated rings. The molecule has 2 aromatic heterocycles. The number of aryl methyl sites for hydroxylation is 1. The second-order valence-electron chi connectivity index (χ2n) is 8.76. The summed E-state index contributed by atoms with van der Waals surface area (Å²) in [6.07, 6.45) is 6.10. The molecule has 3 saturated heterocycles. The highest BCUT2D eigenvalue weighted by Crippen LogP contribution is 2.50. The van der Waals surface area contributed by atoms with Gasteiger partial charge in [0.05, 0.1) is 24.3 Å². The number of anilines is 1. The van der Waals surface area contributed by atoms with Crippen molar-refractivity contribution >= 4 is 17.4 Å². The van der Waals surface area contributed by atoms with Gasteiger partial charge in [-0.05, 0) is 31.4 Å². The van der Waals surface area contributed by atoms with Crippen molar-refractivity contribution in [3.8, 4) is 0 Å². The zero-order chi connectivity index (χ0) is 20.3. The van der Waals surface area contributed by atoms with Gasteiger partial charge in [-0.15, -0.1) is 0 Å². The number of piperidine rings is 1. The number of ether oxygens (including phenoxy) is 1. The summed E-state index contributed by atoms with van der Waals surface area (Å²) in [6.45, 7) is 4.29. The normalized spacial score (nSPS) is 25.4. The Kier molecular flexibility index (Phi) is 3.90. The zero-order valence-corrected chi connectivity index (χ0v) is 17.1. The Morgan fingerprint density at radius 2 is 1.93 bits per heavy atom. The number of aromatic nitrogens is 3. The number of nitrogens with zero attached hydrogens (tertiary/aromatic N) is 5. The number of carbonyl (C=O) groups is 1. The van der Waals surface area contributed by atoms with E-state index in [1.54, 1.807) is 0 Å². The van der Waals surface area contributed by atoms with E-state index >= 15 is 0 Å². The molecule has 0 aliphatic carbocycles. The summed E-state index contributed by atoms with van der Waals surface area (Å²) in [4.78, 5) is 22.4. The highest BCUT2D eigenvalue weighted by Gasteiger charge is 2.57. The first-order chi connectivity index (χ1) is 14.7. The lowest BCUT2D eigenvalue weighted by molar-refractivity contribution is -0.139. The van der Waals surface area contributed by atoms with E-state index in [0.29, 0.717) is 6.61 Å². The van der Waals surface area contributed by atoms with Crippen molar-refractivity contribution in [3.05, 3.63) is 59.9 Å². The lowest BCUT2D eigenvalue weighted by atomic mass is 9.76. The smallest absolute Gasteiger partial charge is 0.231 e. The van der Waals surface area contributed by atoms with Crippen LogP contribution in [0.15, 0.2) is 48.8 Å². The third kappa shape index (κ3) is 2.51. The van der Waals surface area contributed by atoms with Crippen LogP contribution in [-0.4, -0.2) is 51.3 Å². The summed E-state index contributed by atoms with van der Waals surface area (Å²) in [5.74, 6) is 1.32. The molecule has 5 heterocycles. The first kappa shape index (κ1) is 17.9. The molecular formula is C23H25N5O2. The molecule has 1 amide bonds. The van der Waals surface area contributed by atoms with Crippen LogP contribution < -0.4 is 4.90 Å². The summed E-state index contributed by atoms with van der Waals surface area (Å²) in [5, 5.41) is 4.50. The quantitative estimate of drug-likeness (QED) is 0.658. The maximum absolute atomic E-state index is 13.6. The Morgan fingerprint density at radius 3 is 2.73 bits per heavy atom. The van der Waals surface area contributed by atoms with Crippen molar-refractivity contribution in [2.24, 2.45) is 5.41 Å². The van der Waals surface area contributed by atoms with Crippen LogP contribution in [0.1, 0.15) is 36.4 Å². The predicted molar refractivity (Wildman–Crippen MR) is 112 cm³/mol. The number of benzene rings is 1. The van der Waals surface area contributed by atoms with E-state index in [4.69, 9.17) is 4.74 Å². The molecule has 30 heavy (non-hydrogen) atoms. The van der Waals surface area contributed by atoms with Crippen LogP contribution in [-0.2, 0) is 9.53 Å². The van der Waals surface area contributed by atoms with Gasteiger partial charge in [0.1, 0.15) is 12.0 Å². The van der Waals surface area contributed by atoms with E-state index in [2.05, 4.69) is 27.1 Å². The molecule has 154 valence electrons. The topological polar surface area (TPSA) is 63.0 Å². The van der Waals surface area contributed by atoms with Gasteiger partial charge in [0.25, 0.3) is 0 Å².